The van der Waals surface area contributed by atoms with Crippen LogP contribution in [0.2, 0.25) is 10.0 Å². The van der Waals surface area contributed by atoms with Gasteiger partial charge in [0.1, 0.15) is 0 Å². The first-order valence-electron chi connectivity index (χ1n) is 7.31. The summed E-state index contributed by atoms with van der Waals surface area (Å²) in [6, 6.07) is 3.28. The fourth-order valence-electron chi connectivity index (χ4n) is 2.56. The molecule has 0 saturated carbocycles. The number of H-pyrrole nitrogens is 1. The van der Waals surface area contributed by atoms with Crippen LogP contribution in [0.15, 0.2) is 21.7 Å². The Morgan fingerprint density at radius 2 is 1.84 bits per heavy atom. The highest BCUT2D eigenvalue weighted by molar-refractivity contribution is 6.42. The van der Waals surface area contributed by atoms with Crippen molar-refractivity contribution in [3.05, 3.63) is 43.0 Å². The fourth-order valence-corrected chi connectivity index (χ4v) is 2.88. The summed E-state index contributed by atoms with van der Waals surface area (Å²) in [5.74, 6) is 0.244. The van der Waals surface area contributed by atoms with Gasteiger partial charge in [0.25, 0.3) is 5.56 Å². The van der Waals surface area contributed by atoms with Crippen LogP contribution in [0.1, 0.15) is 6.42 Å². The topological polar surface area (TPSA) is 83.9 Å². The molecule has 0 amide bonds. The quantitative estimate of drug-likeness (QED) is 0.674. The summed E-state index contributed by atoms with van der Waals surface area (Å²) in [6.45, 7) is 1.40. The molecule has 1 aromatic rings. The van der Waals surface area contributed by atoms with E-state index in [1.165, 1.54) is 0 Å². The largest absolute Gasteiger partial charge is 0.349 e. The second kappa shape index (κ2) is 7.70. The van der Waals surface area contributed by atoms with Crippen molar-refractivity contribution in [2.45, 2.75) is 13.0 Å². The molecule has 0 spiro atoms. The number of halogens is 3. The minimum Gasteiger partial charge on any atom is -0.322 e. The minimum atomic E-state index is -0.699. The number of rotatable bonds is 4. The van der Waals surface area contributed by atoms with E-state index < -0.39 is 11.2 Å². The van der Waals surface area contributed by atoms with Gasteiger partial charge < -0.3 is 9.47 Å². The second-order valence-electron chi connectivity index (χ2n) is 5.72. The first kappa shape index (κ1) is 19.7. The maximum absolute atomic E-state index is 12.1. The molecule has 0 bridgehead atoms. The van der Waals surface area contributed by atoms with Gasteiger partial charge in [-0.05, 0) is 39.2 Å². The highest BCUT2D eigenvalue weighted by Crippen LogP contribution is 2.29. The van der Waals surface area contributed by atoms with Crippen LogP contribution >= 0.6 is 35.6 Å². The number of nitrogens with zero attached hydrogens (tertiary/aromatic N) is 4. The molecule has 10 heteroatoms. The van der Waals surface area contributed by atoms with Crippen LogP contribution in [0.5, 0.6) is 0 Å². The summed E-state index contributed by atoms with van der Waals surface area (Å²) in [5.41, 5.74) is 0.0283. The van der Waals surface area contributed by atoms with E-state index in [2.05, 4.69) is 19.9 Å². The molecule has 0 aromatic heterocycles. The van der Waals surface area contributed by atoms with Crippen molar-refractivity contribution in [3.63, 3.8) is 0 Å². The summed E-state index contributed by atoms with van der Waals surface area (Å²) >= 11 is 12.2. The third-order valence-electron chi connectivity index (χ3n) is 3.64. The Morgan fingerprint density at radius 1 is 1.16 bits per heavy atom. The molecule has 134 valence electrons. The highest BCUT2D eigenvalue weighted by atomic mass is 35.5. The Bertz CT molecular complexity index is 999. The number of fused-ring (bicyclic) bond motifs is 2. The SMILES string of the molecule is CN(C)CCCn1c2nc(=O)[nH]c(=O)c-2nc2cc(Cl)c(Cl)cc21.Cl. The van der Waals surface area contributed by atoms with Crippen molar-refractivity contribution in [2.24, 2.45) is 0 Å². The lowest BCUT2D eigenvalue weighted by Crippen LogP contribution is -2.29. The van der Waals surface area contributed by atoms with Crippen molar-refractivity contribution < 1.29 is 0 Å². The first-order valence-corrected chi connectivity index (χ1v) is 8.07. The predicted octanol–water partition coefficient (Wildman–Crippen LogP) is 2.26. The van der Waals surface area contributed by atoms with E-state index in [1.807, 2.05) is 14.1 Å². The molecule has 0 saturated heterocycles. The molecule has 1 N–H and O–H groups in total. The number of benzene rings is 1. The van der Waals surface area contributed by atoms with Crippen LogP contribution in [-0.4, -0.2) is 45.1 Å². The number of hydrogen-bond donors (Lipinski definition) is 1. The predicted molar refractivity (Wildman–Crippen MR) is 101 cm³/mol. The lowest BCUT2D eigenvalue weighted by Gasteiger charge is -2.18. The summed E-state index contributed by atoms with van der Waals surface area (Å²) < 4.78 is 1.79. The lowest BCUT2D eigenvalue weighted by atomic mass is 10.2. The van der Waals surface area contributed by atoms with Gasteiger partial charge in [-0.25, -0.2) is 9.78 Å². The van der Waals surface area contributed by atoms with E-state index in [1.54, 1.807) is 16.7 Å². The van der Waals surface area contributed by atoms with Crippen molar-refractivity contribution in [3.8, 4) is 11.5 Å². The molecule has 0 fully saturated rings. The van der Waals surface area contributed by atoms with Gasteiger partial charge in [-0.15, -0.1) is 12.4 Å². The molecule has 0 unspecified atom stereocenters. The monoisotopic (exact) mass is 403 g/mol. The van der Waals surface area contributed by atoms with Crippen LogP contribution in [0.25, 0.3) is 22.6 Å². The molecule has 2 heterocycles. The fraction of sp³-hybridized carbons (Fsp3) is 0.333. The maximum Gasteiger partial charge on any atom is 0.349 e. The standard InChI is InChI=1S/C15H15Cl2N5O2.ClH/c1-21(2)4-3-5-22-11-7-9(17)8(16)6-10(11)18-12-13(22)19-15(24)20-14(12)23;/h6-7H,3-5H2,1-2H3,(H,20,23,24);1H. The molecular formula is C15H16Cl3N5O2. The number of aromatic nitrogens is 4. The van der Waals surface area contributed by atoms with Gasteiger partial charge >= 0.3 is 5.69 Å². The van der Waals surface area contributed by atoms with Gasteiger partial charge in [-0.2, -0.15) is 4.98 Å². The van der Waals surface area contributed by atoms with E-state index in [0.29, 0.717) is 27.6 Å². The highest BCUT2D eigenvalue weighted by Gasteiger charge is 2.19. The van der Waals surface area contributed by atoms with Crippen LogP contribution in [0.3, 0.4) is 0 Å². The van der Waals surface area contributed by atoms with E-state index in [9.17, 15) is 9.59 Å². The van der Waals surface area contributed by atoms with Crippen LogP contribution in [-0.2, 0) is 6.54 Å². The molecule has 0 radical (unpaired) electrons. The van der Waals surface area contributed by atoms with Gasteiger partial charge in [-0.3, -0.25) is 9.78 Å². The van der Waals surface area contributed by atoms with E-state index in [0.717, 1.165) is 13.0 Å². The van der Waals surface area contributed by atoms with Gasteiger partial charge in [0, 0.05) is 6.54 Å². The van der Waals surface area contributed by atoms with Gasteiger partial charge in [0.05, 0.1) is 21.1 Å². The van der Waals surface area contributed by atoms with Gasteiger partial charge in [-0.1, -0.05) is 23.2 Å². The summed E-state index contributed by atoms with van der Waals surface area (Å²) in [4.78, 5) is 36.2. The summed E-state index contributed by atoms with van der Waals surface area (Å²) in [6.07, 6.45) is 0.800. The number of nitrogens with one attached hydrogen (secondary N) is 1. The molecular weight excluding hydrogens is 389 g/mol. The maximum atomic E-state index is 12.1. The second-order valence-corrected chi connectivity index (χ2v) is 6.53. The molecule has 2 aliphatic heterocycles. The van der Waals surface area contributed by atoms with E-state index in [4.69, 9.17) is 23.2 Å². The Labute approximate surface area is 159 Å². The molecule has 25 heavy (non-hydrogen) atoms. The smallest absolute Gasteiger partial charge is 0.322 e. The molecule has 3 rings (SSSR count). The molecule has 7 nitrogen and oxygen atoms in total. The van der Waals surface area contributed by atoms with Gasteiger partial charge in [0.2, 0.25) is 0 Å². The summed E-state index contributed by atoms with van der Waals surface area (Å²) in [7, 11) is 3.95. The number of aromatic amines is 1. The third kappa shape index (κ3) is 3.95. The molecule has 0 aliphatic carbocycles. The van der Waals surface area contributed by atoms with Crippen LogP contribution < -0.4 is 11.2 Å². The van der Waals surface area contributed by atoms with Crippen molar-refractivity contribution in [1.29, 1.82) is 0 Å². The Balaban J connectivity index is 0.00000225. The zero-order chi connectivity index (χ0) is 17.4. The summed E-state index contributed by atoms with van der Waals surface area (Å²) in [5, 5.41) is 0.722. The van der Waals surface area contributed by atoms with Crippen molar-refractivity contribution in [1.82, 2.24) is 24.4 Å². The Morgan fingerprint density at radius 3 is 2.52 bits per heavy atom. The van der Waals surface area contributed by atoms with E-state index >= 15 is 0 Å². The average Bonchev–Trinajstić information content (AvgIpc) is 2.49. The first-order chi connectivity index (χ1) is 11.4. The zero-order valence-corrected chi connectivity index (χ0v) is 15.9. The molecule has 2 aliphatic rings. The Hall–Kier alpha value is -1.67. The molecule has 0 atom stereocenters. The lowest BCUT2D eigenvalue weighted by molar-refractivity contribution is 0.387. The minimum absolute atomic E-state index is 0. The number of aryl methyl sites for hydroxylation is 1. The average molecular weight is 405 g/mol. The van der Waals surface area contributed by atoms with E-state index in [-0.39, 0.29) is 23.9 Å². The number of hydrogen-bond acceptors (Lipinski definition) is 5. The Kier molecular flexibility index (Phi) is 6.05. The van der Waals surface area contributed by atoms with Gasteiger partial charge in [0.15, 0.2) is 11.5 Å². The third-order valence-corrected chi connectivity index (χ3v) is 4.36. The van der Waals surface area contributed by atoms with Crippen LogP contribution in [0, 0.1) is 0 Å². The zero-order valence-electron chi connectivity index (χ0n) is 13.5. The van der Waals surface area contributed by atoms with Crippen molar-refractivity contribution in [2.75, 3.05) is 20.6 Å². The molecule has 1 aromatic carbocycles. The van der Waals surface area contributed by atoms with Crippen molar-refractivity contribution >= 4 is 46.6 Å². The normalized spacial score (nSPS) is 11.2. The van der Waals surface area contributed by atoms with Crippen LogP contribution in [0.4, 0.5) is 0 Å².